The van der Waals surface area contributed by atoms with E-state index in [1.807, 2.05) is 54.6 Å². The van der Waals surface area contributed by atoms with E-state index in [2.05, 4.69) is 26.3 Å². The normalized spacial score (nSPS) is 14.3. The van der Waals surface area contributed by atoms with Gasteiger partial charge in [0.05, 0.1) is 12.8 Å². The van der Waals surface area contributed by atoms with E-state index < -0.39 is 0 Å². The van der Waals surface area contributed by atoms with E-state index >= 15 is 0 Å². The van der Waals surface area contributed by atoms with Crippen molar-refractivity contribution in [2.24, 2.45) is 5.92 Å². The molecule has 6 nitrogen and oxygen atoms in total. The highest BCUT2D eigenvalue weighted by Crippen LogP contribution is 2.25. The minimum Gasteiger partial charge on any atom is -0.497 e. The number of carbonyl (C=O) groups excluding carboxylic acids is 1. The molecule has 6 heteroatoms. The molecule has 1 amide bonds. The van der Waals surface area contributed by atoms with Crippen LogP contribution in [0.5, 0.6) is 5.75 Å². The van der Waals surface area contributed by atoms with Crippen LogP contribution >= 0.6 is 0 Å². The molecule has 3 aromatic rings. The molecule has 1 aromatic heterocycles. The highest BCUT2D eigenvalue weighted by molar-refractivity contribution is 5.79. The number of aromatic nitrogens is 2. The Hall–Kier alpha value is -3.41. The van der Waals surface area contributed by atoms with Crippen molar-refractivity contribution in [1.82, 2.24) is 15.3 Å². The molecule has 2 aromatic carbocycles. The van der Waals surface area contributed by atoms with E-state index in [-0.39, 0.29) is 11.8 Å². The summed E-state index contributed by atoms with van der Waals surface area (Å²) < 4.78 is 5.26. The maximum absolute atomic E-state index is 12.6. The van der Waals surface area contributed by atoms with Crippen LogP contribution in [0.2, 0.25) is 0 Å². The molecule has 2 heterocycles. The Morgan fingerprint density at radius 2 is 1.87 bits per heavy atom. The lowest BCUT2D eigenvalue weighted by molar-refractivity contribution is -0.125. The summed E-state index contributed by atoms with van der Waals surface area (Å²) in [5, 5.41) is 3.10. The van der Waals surface area contributed by atoms with Crippen molar-refractivity contribution < 1.29 is 9.53 Å². The summed E-state index contributed by atoms with van der Waals surface area (Å²) in [5.41, 5.74) is 3.16. The van der Waals surface area contributed by atoms with Crippen LogP contribution in [0.4, 0.5) is 5.82 Å². The zero-order valence-electron chi connectivity index (χ0n) is 17.8. The first-order chi connectivity index (χ1) is 15.2. The Bertz CT molecular complexity index is 1000. The van der Waals surface area contributed by atoms with Gasteiger partial charge in [-0.25, -0.2) is 9.97 Å². The second-order valence-corrected chi connectivity index (χ2v) is 7.78. The Labute approximate surface area is 183 Å². The highest BCUT2D eigenvalue weighted by atomic mass is 16.5. The standard InChI is InChI=1S/C25H28N4O2/c1-31-22-9-5-6-19(16-22)10-13-26-25(30)21-11-14-29(15-12-21)24-17-23(27-18-28-24)20-7-3-2-4-8-20/h2-9,16-18,21H,10-15H2,1H3,(H,26,30). The predicted molar refractivity (Wildman–Crippen MR) is 122 cm³/mol. The monoisotopic (exact) mass is 416 g/mol. The molecule has 1 fully saturated rings. The Morgan fingerprint density at radius 1 is 1.06 bits per heavy atom. The van der Waals surface area contributed by atoms with Crippen LogP contribution in [-0.2, 0) is 11.2 Å². The van der Waals surface area contributed by atoms with Crippen molar-refractivity contribution in [3.63, 3.8) is 0 Å². The number of nitrogens with one attached hydrogen (secondary N) is 1. The van der Waals surface area contributed by atoms with Crippen molar-refractivity contribution in [3.8, 4) is 17.0 Å². The molecule has 1 aliphatic rings. The third-order valence-corrected chi connectivity index (χ3v) is 5.76. The molecule has 0 atom stereocenters. The fourth-order valence-corrected chi connectivity index (χ4v) is 3.96. The topological polar surface area (TPSA) is 67.3 Å². The summed E-state index contributed by atoms with van der Waals surface area (Å²) in [6.07, 6.45) is 4.07. The van der Waals surface area contributed by atoms with Gasteiger partial charge < -0.3 is 15.0 Å². The average Bonchev–Trinajstić information content (AvgIpc) is 2.85. The van der Waals surface area contributed by atoms with Gasteiger partial charge in [0.2, 0.25) is 5.91 Å². The number of carbonyl (C=O) groups is 1. The Balaban J connectivity index is 1.27. The Morgan fingerprint density at radius 3 is 2.65 bits per heavy atom. The summed E-state index contributed by atoms with van der Waals surface area (Å²) in [5.74, 6) is 1.97. The predicted octanol–water partition coefficient (Wildman–Crippen LogP) is 3.73. The molecular formula is C25H28N4O2. The molecule has 0 radical (unpaired) electrons. The van der Waals surface area contributed by atoms with Crippen LogP contribution in [0.15, 0.2) is 67.0 Å². The third kappa shape index (κ3) is 5.40. The number of nitrogens with zero attached hydrogens (tertiary/aromatic N) is 3. The molecular weight excluding hydrogens is 388 g/mol. The molecule has 31 heavy (non-hydrogen) atoms. The lowest BCUT2D eigenvalue weighted by atomic mass is 9.95. The lowest BCUT2D eigenvalue weighted by Gasteiger charge is -2.32. The first-order valence-corrected chi connectivity index (χ1v) is 10.8. The van der Waals surface area contributed by atoms with Crippen molar-refractivity contribution in [1.29, 1.82) is 0 Å². The summed E-state index contributed by atoms with van der Waals surface area (Å²) in [6, 6.07) is 20.1. The molecule has 1 aliphatic heterocycles. The molecule has 0 saturated carbocycles. The number of benzene rings is 2. The fraction of sp³-hybridized carbons (Fsp3) is 0.320. The zero-order chi connectivity index (χ0) is 21.5. The molecule has 0 spiro atoms. The van der Waals surface area contributed by atoms with Gasteiger partial charge in [0.15, 0.2) is 0 Å². The van der Waals surface area contributed by atoms with Gasteiger partial charge in [-0.1, -0.05) is 42.5 Å². The van der Waals surface area contributed by atoms with Crippen LogP contribution in [0.25, 0.3) is 11.3 Å². The number of piperidine rings is 1. The minimum absolute atomic E-state index is 0.0528. The van der Waals surface area contributed by atoms with Gasteiger partial charge >= 0.3 is 0 Å². The molecule has 0 bridgehead atoms. The number of hydrogen-bond acceptors (Lipinski definition) is 5. The quantitative estimate of drug-likeness (QED) is 0.636. The van der Waals surface area contributed by atoms with Crippen LogP contribution in [0.3, 0.4) is 0 Å². The van der Waals surface area contributed by atoms with Crippen LogP contribution in [0, 0.1) is 5.92 Å². The van der Waals surface area contributed by atoms with E-state index in [0.29, 0.717) is 6.54 Å². The van der Waals surface area contributed by atoms with Crippen LogP contribution < -0.4 is 15.0 Å². The second-order valence-electron chi connectivity index (χ2n) is 7.78. The van der Waals surface area contributed by atoms with Crippen LogP contribution in [-0.4, -0.2) is 42.6 Å². The molecule has 0 aliphatic carbocycles. The van der Waals surface area contributed by atoms with Crippen molar-refractivity contribution in [2.75, 3.05) is 31.6 Å². The molecule has 1 N–H and O–H groups in total. The average molecular weight is 417 g/mol. The van der Waals surface area contributed by atoms with Crippen molar-refractivity contribution in [3.05, 3.63) is 72.6 Å². The van der Waals surface area contributed by atoms with Gasteiger partial charge in [0.1, 0.15) is 17.9 Å². The number of methoxy groups -OCH3 is 1. The fourth-order valence-electron chi connectivity index (χ4n) is 3.96. The molecule has 4 rings (SSSR count). The largest absolute Gasteiger partial charge is 0.497 e. The summed E-state index contributed by atoms with van der Waals surface area (Å²) in [4.78, 5) is 23.7. The molecule has 0 unspecified atom stereocenters. The van der Waals surface area contributed by atoms with Gasteiger partial charge in [-0.2, -0.15) is 0 Å². The van der Waals surface area contributed by atoms with E-state index in [1.54, 1.807) is 13.4 Å². The lowest BCUT2D eigenvalue weighted by Crippen LogP contribution is -2.41. The Kier molecular flexibility index (Phi) is 6.77. The van der Waals surface area contributed by atoms with E-state index in [9.17, 15) is 4.79 Å². The number of rotatable bonds is 7. The summed E-state index contributed by atoms with van der Waals surface area (Å²) in [7, 11) is 1.66. The minimum atomic E-state index is 0.0528. The SMILES string of the molecule is COc1cccc(CCNC(=O)C2CCN(c3cc(-c4ccccc4)ncn3)CC2)c1. The maximum atomic E-state index is 12.6. The van der Waals surface area contributed by atoms with Crippen molar-refractivity contribution in [2.45, 2.75) is 19.3 Å². The number of amides is 1. The first kappa shape index (κ1) is 20.8. The van der Waals surface area contributed by atoms with Crippen molar-refractivity contribution >= 4 is 11.7 Å². The number of hydrogen-bond donors (Lipinski definition) is 1. The molecule has 1 saturated heterocycles. The van der Waals surface area contributed by atoms with Gasteiger partial charge in [0, 0.05) is 37.2 Å². The van der Waals surface area contributed by atoms with E-state index in [0.717, 1.165) is 60.7 Å². The number of ether oxygens (including phenoxy) is 1. The van der Waals surface area contributed by atoms with E-state index in [1.165, 1.54) is 0 Å². The third-order valence-electron chi connectivity index (χ3n) is 5.76. The van der Waals surface area contributed by atoms with Gasteiger partial charge in [0.25, 0.3) is 0 Å². The van der Waals surface area contributed by atoms with Gasteiger partial charge in [-0.3, -0.25) is 4.79 Å². The highest BCUT2D eigenvalue weighted by Gasteiger charge is 2.25. The zero-order valence-corrected chi connectivity index (χ0v) is 17.8. The molecule has 160 valence electrons. The first-order valence-electron chi connectivity index (χ1n) is 10.8. The van der Waals surface area contributed by atoms with Gasteiger partial charge in [-0.15, -0.1) is 0 Å². The van der Waals surface area contributed by atoms with E-state index in [4.69, 9.17) is 4.74 Å². The maximum Gasteiger partial charge on any atom is 0.223 e. The van der Waals surface area contributed by atoms with Gasteiger partial charge in [-0.05, 0) is 37.0 Å². The van der Waals surface area contributed by atoms with Crippen LogP contribution in [0.1, 0.15) is 18.4 Å². The summed E-state index contributed by atoms with van der Waals surface area (Å²) in [6.45, 7) is 2.27. The summed E-state index contributed by atoms with van der Waals surface area (Å²) >= 11 is 0. The second kappa shape index (κ2) is 10.1. The smallest absolute Gasteiger partial charge is 0.223 e. The number of anilines is 1.